The Kier molecular flexibility index (Phi) is 4.76. The molecule has 2 aromatic carbocycles. The number of hydrogen-bond donors (Lipinski definition) is 1. The van der Waals surface area contributed by atoms with E-state index < -0.39 is 0 Å². The molecule has 0 fully saturated rings. The van der Waals surface area contributed by atoms with Gasteiger partial charge in [0.25, 0.3) is 5.91 Å². The summed E-state index contributed by atoms with van der Waals surface area (Å²) < 4.78 is 0. The molecule has 0 spiro atoms. The van der Waals surface area contributed by atoms with Crippen molar-refractivity contribution in [3.05, 3.63) is 65.2 Å². The van der Waals surface area contributed by atoms with E-state index in [1.54, 1.807) is 18.0 Å². The van der Waals surface area contributed by atoms with Gasteiger partial charge in [-0.3, -0.25) is 4.79 Å². The number of carbonyl (C=O) groups is 1. The van der Waals surface area contributed by atoms with Gasteiger partial charge < -0.3 is 10.0 Å². The van der Waals surface area contributed by atoms with Crippen molar-refractivity contribution in [3.63, 3.8) is 0 Å². The molecule has 3 heteroatoms. The topological polar surface area (TPSA) is 40.5 Å². The molecule has 0 radical (unpaired) electrons. The van der Waals surface area contributed by atoms with Gasteiger partial charge in [0.05, 0.1) is 0 Å². The van der Waals surface area contributed by atoms with E-state index in [0.717, 1.165) is 16.8 Å². The van der Waals surface area contributed by atoms with Gasteiger partial charge in [0, 0.05) is 23.9 Å². The lowest BCUT2D eigenvalue weighted by molar-refractivity contribution is 0.0993. The highest BCUT2D eigenvalue weighted by molar-refractivity contribution is 6.05. The van der Waals surface area contributed by atoms with Crippen molar-refractivity contribution in [1.29, 1.82) is 0 Å². The second-order valence-corrected chi connectivity index (χ2v) is 4.69. The van der Waals surface area contributed by atoms with Crippen LogP contribution in [0.1, 0.15) is 21.5 Å². The highest BCUT2D eigenvalue weighted by atomic mass is 16.2. The zero-order valence-electron chi connectivity index (χ0n) is 12.1. The largest absolute Gasteiger partial charge is 0.384 e. The smallest absolute Gasteiger partial charge is 0.258 e. The third-order valence-electron chi connectivity index (χ3n) is 3.22. The fraction of sp³-hybridized carbons (Fsp3) is 0.167. The lowest BCUT2D eigenvalue weighted by Gasteiger charge is -2.17. The van der Waals surface area contributed by atoms with Crippen molar-refractivity contribution in [3.8, 4) is 11.8 Å². The molecular formula is C18H17NO2. The van der Waals surface area contributed by atoms with E-state index in [4.69, 9.17) is 5.11 Å². The molecular weight excluding hydrogens is 262 g/mol. The van der Waals surface area contributed by atoms with Crippen LogP contribution in [0.4, 0.5) is 5.69 Å². The Morgan fingerprint density at radius 1 is 1.19 bits per heavy atom. The molecule has 3 nitrogen and oxygen atoms in total. The third kappa shape index (κ3) is 3.50. The number of aliphatic hydroxyl groups is 1. The highest BCUT2D eigenvalue weighted by Gasteiger charge is 2.13. The Hall–Kier alpha value is -2.57. The summed E-state index contributed by atoms with van der Waals surface area (Å²) in [6, 6.07) is 14.9. The maximum atomic E-state index is 12.5. The molecule has 2 rings (SSSR count). The van der Waals surface area contributed by atoms with Gasteiger partial charge in [0.2, 0.25) is 0 Å². The van der Waals surface area contributed by atoms with Crippen LogP contribution in [-0.2, 0) is 0 Å². The lowest BCUT2D eigenvalue weighted by atomic mass is 10.0. The van der Waals surface area contributed by atoms with E-state index >= 15 is 0 Å². The van der Waals surface area contributed by atoms with Crippen molar-refractivity contribution in [1.82, 2.24) is 0 Å². The minimum atomic E-state index is -0.170. The minimum absolute atomic E-state index is 0.0639. The summed E-state index contributed by atoms with van der Waals surface area (Å²) >= 11 is 0. The molecule has 1 amide bonds. The van der Waals surface area contributed by atoms with Crippen LogP contribution in [-0.4, -0.2) is 24.7 Å². The molecule has 0 bridgehead atoms. The molecule has 0 aliphatic heterocycles. The van der Waals surface area contributed by atoms with E-state index in [1.807, 2.05) is 49.4 Å². The summed E-state index contributed by atoms with van der Waals surface area (Å²) in [5.41, 5.74) is 3.21. The first-order valence-corrected chi connectivity index (χ1v) is 6.67. The summed E-state index contributed by atoms with van der Waals surface area (Å²) in [4.78, 5) is 14.1. The van der Waals surface area contributed by atoms with Crippen LogP contribution < -0.4 is 4.90 Å². The van der Waals surface area contributed by atoms with E-state index in [1.165, 1.54) is 0 Å². The van der Waals surface area contributed by atoms with Gasteiger partial charge in [0.1, 0.15) is 6.61 Å². The van der Waals surface area contributed by atoms with Crippen LogP contribution >= 0.6 is 0 Å². The van der Waals surface area contributed by atoms with Crippen LogP contribution in [0.15, 0.2) is 48.5 Å². The van der Waals surface area contributed by atoms with E-state index in [-0.39, 0.29) is 12.5 Å². The molecule has 21 heavy (non-hydrogen) atoms. The Balaban J connectivity index is 2.26. The molecule has 0 aromatic heterocycles. The van der Waals surface area contributed by atoms with Crippen LogP contribution in [0.2, 0.25) is 0 Å². The maximum Gasteiger partial charge on any atom is 0.258 e. The van der Waals surface area contributed by atoms with Crippen LogP contribution in [0.5, 0.6) is 0 Å². The molecule has 2 aromatic rings. The van der Waals surface area contributed by atoms with Crippen molar-refractivity contribution >= 4 is 11.6 Å². The highest BCUT2D eigenvalue weighted by Crippen LogP contribution is 2.17. The number of aliphatic hydroxyl groups excluding tert-OH is 1. The number of benzene rings is 2. The molecule has 0 heterocycles. The Morgan fingerprint density at radius 3 is 2.52 bits per heavy atom. The molecule has 0 atom stereocenters. The summed E-state index contributed by atoms with van der Waals surface area (Å²) in [7, 11) is 1.76. The average Bonchev–Trinajstić information content (AvgIpc) is 2.53. The van der Waals surface area contributed by atoms with E-state index in [0.29, 0.717) is 5.56 Å². The first kappa shape index (κ1) is 14.8. The molecule has 0 saturated heterocycles. The summed E-state index contributed by atoms with van der Waals surface area (Å²) in [5.74, 6) is 5.41. The van der Waals surface area contributed by atoms with Crippen molar-refractivity contribution in [2.45, 2.75) is 6.92 Å². The summed E-state index contributed by atoms with van der Waals surface area (Å²) in [5, 5.41) is 8.73. The Morgan fingerprint density at radius 2 is 1.90 bits per heavy atom. The van der Waals surface area contributed by atoms with Crippen molar-refractivity contribution in [2.24, 2.45) is 0 Å². The number of anilines is 1. The molecule has 0 unspecified atom stereocenters. The van der Waals surface area contributed by atoms with Gasteiger partial charge in [0.15, 0.2) is 0 Å². The normalized spacial score (nSPS) is 9.67. The Labute approximate surface area is 124 Å². The van der Waals surface area contributed by atoms with Crippen LogP contribution in [0.25, 0.3) is 0 Å². The fourth-order valence-electron chi connectivity index (χ4n) is 2.03. The molecule has 1 N–H and O–H groups in total. The SMILES string of the molecule is Cc1cc(C(=O)N(C)c2ccccc2)ccc1C#CCO. The zero-order valence-corrected chi connectivity index (χ0v) is 12.1. The summed E-state index contributed by atoms with van der Waals surface area (Å²) in [6.07, 6.45) is 0. The van der Waals surface area contributed by atoms with Gasteiger partial charge in [-0.2, -0.15) is 0 Å². The van der Waals surface area contributed by atoms with Gasteiger partial charge in [-0.25, -0.2) is 0 Å². The number of carbonyl (C=O) groups excluding carboxylic acids is 1. The summed E-state index contributed by atoms with van der Waals surface area (Å²) in [6.45, 7) is 1.73. The number of nitrogens with zero attached hydrogens (tertiary/aromatic N) is 1. The van der Waals surface area contributed by atoms with Crippen molar-refractivity contribution < 1.29 is 9.90 Å². The van der Waals surface area contributed by atoms with Gasteiger partial charge in [-0.05, 0) is 42.8 Å². The predicted octanol–water partition coefficient (Wildman–Crippen LogP) is 2.62. The fourth-order valence-corrected chi connectivity index (χ4v) is 2.03. The lowest BCUT2D eigenvalue weighted by Crippen LogP contribution is -2.26. The minimum Gasteiger partial charge on any atom is -0.384 e. The van der Waals surface area contributed by atoms with Gasteiger partial charge in [-0.15, -0.1) is 0 Å². The Bertz CT molecular complexity index is 696. The predicted molar refractivity (Wildman–Crippen MR) is 84.3 cm³/mol. The number of aryl methyl sites for hydroxylation is 1. The van der Waals surface area contributed by atoms with Crippen LogP contribution in [0.3, 0.4) is 0 Å². The van der Waals surface area contributed by atoms with E-state index in [9.17, 15) is 4.79 Å². The number of para-hydroxylation sites is 1. The van der Waals surface area contributed by atoms with Gasteiger partial charge in [-0.1, -0.05) is 30.0 Å². The first-order valence-electron chi connectivity index (χ1n) is 6.67. The van der Waals surface area contributed by atoms with Crippen LogP contribution in [0, 0.1) is 18.8 Å². The second-order valence-electron chi connectivity index (χ2n) is 4.69. The molecule has 0 saturated carbocycles. The quantitative estimate of drug-likeness (QED) is 0.858. The molecule has 0 aliphatic rings. The number of rotatable bonds is 2. The third-order valence-corrected chi connectivity index (χ3v) is 3.22. The number of amides is 1. The monoisotopic (exact) mass is 279 g/mol. The van der Waals surface area contributed by atoms with Gasteiger partial charge >= 0.3 is 0 Å². The molecule has 0 aliphatic carbocycles. The zero-order chi connectivity index (χ0) is 15.2. The van der Waals surface area contributed by atoms with E-state index in [2.05, 4.69) is 11.8 Å². The van der Waals surface area contributed by atoms with Crippen molar-refractivity contribution in [2.75, 3.05) is 18.6 Å². The maximum absolute atomic E-state index is 12.5. The second kappa shape index (κ2) is 6.74. The first-order chi connectivity index (χ1) is 10.1. The molecule has 106 valence electrons. The standard InChI is InChI=1S/C18H17NO2/c1-14-13-16(11-10-15(14)7-6-12-20)18(21)19(2)17-8-4-3-5-9-17/h3-5,8-11,13,20H,12H2,1-2H3. The number of hydrogen-bond acceptors (Lipinski definition) is 2. The average molecular weight is 279 g/mol.